The number of hydrogen-bond acceptors (Lipinski definition) is 4. The standard InChI is InChI=1S/C19H36N4O2/c1-7-11-23(9-3)12-10-21-18(20-8-2)22-14-19(6,24)17-13-15(4)25-16(17)5/h13,24H,7-12,14H2,1-6H3,(H2,20,21,22). The minimum absolute atomic E-state index is 0.272. The molecule has 0 aliphatic carbocycles. The summed E-state index contributed by atoms with van der Waals surface area (Å²) in [7, 11) is 0. The van der Waals surface area contributed by atoms with E-state index in [1.807, 2.05) is 26.8 Å². The van der Waals surface area contributed by atoms with Gasteiger partial charge in [-0.25, -0.2) is 4.99 Å². The van der Waals surface area contributed by atoms with E-state index in [2.05, 4.69) is 34.4 Å². The van der Waals surface area contributed by atoms with Crippen molar-refractivity contribution in [2.45, 2.75) is 53.6 Å². The molecule has 0 fully saturated rings. The van der Waals surface area contributed by atoms with E-state index >= 15 is 0 Å². The number of hydrogen-bond donors (Lipinski definition) is 3. The van der Waals surface area contributed by atoms with Crippen LogP contribution >= 0.6 is 0 Å². The molecule has 1 atom stereocenters. The van der Waals surface area contributed by atoms with E-state index in [9.17, 15) is 5.11 Å². The van der Waals surface area contributed by atoms with Crippen LogP contribution < -0.4 is 10.6 Å². The van der Waals surface area contributed by atoms with Crippen molar-refractivity contribution in [2.75, 3.05) is 39.3 Å². The molecule has 1 rings (SSSR count). The predicted molar refractivity (Wildman–Crippen MR) is 104 cm³/mol. The maximum absolute atomic E-state index is 10.8. The normalized spacial score (nSPS) is 14.6. The van der Waals surface area contributed by atoms with Crippen LogP contribution in [-0.2, 0) is 5.60 Å². The number of rotatable bonds is 10. The molecular weight excluding hydrogens is 316 g/mol. The maximum Gasteiger partial charge on any atom is 0.191 e. The van der Waals surface area contributed by atoms with Crippen LogP contribution in [0.15, 0.2) is 15.5 Å². The zero-order valence-electron chi connectivity index (χ0n) is 16.8. The summed E-state index contributed by atoms with van der Waals surface area (Å²) >= 11 is 0. The summed E-state index contributed by atoms with van der Waals surface area (Å²) in [5, 5.41) is 17.4. The molecule has 0 radical (unpaired) electrons. The molecule has 1 aromatic heterocycles. The fourth-order valence-corrected chi connectivity index (χ4v) is 2.90. The summed E-state index contributed by atoms with van der Waals surface area (Å²) in [5.74, 6) is 2.28. The van der Waals surface area contributed by atoms with Gasteiger partial charge < -0.3 is 25.1 Å². The van der Waals surface area contributed by atoms with Gasteiger partial charge in [-0.3, -0.25) is 0 Å². The third-order valence-electron chi connectivity index (χ3n) is 4.22. The molecule has 0 aliphatic heterocycles. The van der Waals surface area contributed by atoms with Gasteiger partial charge in [-0.05, 0) is 53.3 Å². The zero-order chi connectivity index (χ0) is 18.9. The van der Waals surface area contributed by atoms with Crippen molar-refractivity contribution in [3.8, 4) is 0 Å². The highest BCUT2D eigenvalue weighted by molar-refractivity contribution is 5.79. The zero-order valence-corrected chi connectivity index (χ0v) is 16.8. The lowest BCUT2D eigenvalue weighted by atomic mass is 9.96. The molecule has 0 spiro atoms. The summed E-state index contributed by atoms with van der Waals surface area (Å²) in [6.07, 6.45) is 1.16. The number of nitrogens with one attached hydrogen (secondary N) is 2. The Kier molecular flexibility index (Phi) is 9.00. The molecule has 0 bridgehead atoms. The highest BCUT2D eigenvalue weighted by Gasteiger charge is 2.27. The number of aryl methyl sites for hydroxylation is 2. The second kappa shape index (κ2) is 10.5. The van der Waals surface area contributed by atoms with Crippen molar-refractivity contribution in [1.29, 1.82) is 0 Å². The fourth-order valence-electron chi connectivity index (χ4n) is 2.90. The molecule has 3 N–H and O–H groups in total. The summed E-state index contributed by atoms with van der Waals surface area (Å²) in [6.45, 7) is 17.0. The van der Waals surface area contributed by atoms with E-state index in [1.54, 1.807) is 6.92 Å². The van der Waals surface area contributed by atoms with Gasteiger partial charge in [0.1, 0.15) is 17.1 Å². The number of aliphatic hydroxyl groups is 1. The lowest BCUT2D eigenvalue weighted by molar-refractivity contribution is 0.0657. The van der Waals surface area contributed by atoms with Gasteiger partial charge in [0, 0.05) is 25.2 Å². The number of likely N-dealkylation sites (N-methyl/N-ethyl adjacent to an activating group) is 1. The molecule has 1 aromatic rings. The van der Waals surface area contributed by atoms with E-state index in [0.29, 0.717) is 0 Å². The molecule has 1 unspecified atom stereocenters. The topological polar surface area (TPSA) is 73.0 Å². The van der Waals surface area contributed by atoms with Crippen LogP contribution in [-0.4, -0.2) is 55.2 Å². The Morgan fingerprint density at radius 2 is 1.96 bits per heavy atom. The third kappa shape index (κ3) is 7.08. The minimum Gasteiger partial charge on any atom is -0.466 e. The molecule has 1 heterocycles. The molecule has 0 saturated heterocycles. The average Bonchev–Trinajstić information content (AvgIpc) is 2.91. The van der Waals surface area contributed by atoms with E-state index in [1.165, 1.54) is 0 Å². The average molecular weight is 353 g/mol. The van der Waals surface area contributed by atoms with Crippen molar-refractivity contribution < 1.29 is 9.52 Å². The molecule has 6 nitrogen and oxygen atoms in total. The highest BCUT2D eigenvalue weighted by Crippen LogP contribution is 2.27. The van der Waals surface area contributed by atoms with E-state index in [-0.39, 0.29) is 6.54 Å². The van der Waals surface area contributed by atoms with Crippen LogP contribution in [0, 0.1) is 13.8 Å². The van der Waals surface area contributed by atoms with E-state index in [0.717, 1.165) is 62.2 Å². The number of furan rings is 1. The monoisotopic (exact) mass is 352 g/mol. The predicted octanol–water partition coefficient (Wildman–Crippen LogP) is 2.39. The van der Waals surface area contributed by atoms with Crippen molar-refractivity contribution in [3.63, 3.8) is 0 Å². The van der Waals surface area contributed by atoms with Crippen LogP contribution in [0.5, 0.6) is 0 Å². The van der Waals surface area contributed by atoms with Gasteiger partial charge >= 0.3 is 0 Å². The van der Waals surface area contributed by atoms with Crippen LogP contribution in [0.2, 0.25) is 0 Å². The van der Waals surface area contributed by atoms with E-state index in [4.69, 9.17) is 4.42 Å². The number of nitrogens with zero attached hydrogens (tertiary/aromatic N) is 2. The van der Waals surface area contributed by atoms with Gasteiger partial charge in [-0.15, -0.1) is 0 Å². The van der Waals surface area contributed by atoms with Crippen molar-refractivity contribution in [3.05, 3.63) is 23.2 Å². The first-order chi connectivity index (χ1) is 11.8. The molecule has 25 heavy (non-hydrogen) atoms. The van der Waals surface area contributed by atoms with Crippen LogP contribution in [0.4, 0.5) is 0 Å². The lowest BCUT2D eigenvalue weighted by Crippen LogP contribution is -2.42. The smallest absolute Gasteiger partial charge is 0.191 e. The van der Waals surface area contributed by atoms with Crippen LogP contribution in [0.3, 0.4) is 0 Å². The molecule has 0 aliphatic rings. The minimum atomic E-state index is -1.05. The van der Waals surface area contributed by atoms with Crippen molar-refractivity contribution in [2.24, 2.45) is 4.99 Å². The van der Waals surface area contributed by atoms with Gasteiger partial charge in [0.2, 0.25) is 0 Å². The summed E-state index contributed by atoms with van der Waals surface area (Å²) in [6, 6.07) is 1.88. The number of aliphatic imine (C=N–C) groups is 1. The molecular formula is C19H36N4O2. The Balaban J connectivity index is 2.66. The van der Waals surface area contributed by atoms with Gasteiger partial charge in [-0.1, -0.05) is 13.8 Å². The van der Waals surface area contributed by atoms with Gasteiger partial charge in [0.25, 0.3) is 0 Å². The van der Waals surface area contributed by atoms with E-state index < -0.39 is 5.60 Å². The highest BCUT2D eigenvalue weighted by atomic mass is 16.3. The largest absolute Gasteiger partial charge is 0.466 e. The van der Waals surface area contributed by atoms with Gasteiger partial charge in [0.15, 0.2) is 5.96 Å². The van der Waals surface area contributed by atoms with Gasteiger partial charge in [-0.2, -0.15) is 0 Å². The molecule has 144 valence electrons. The summed E-state index contributed by atoms with van der Waals surface area (Å²) in [5.41, 5.74) is -0.258. The summed E-state index contributed by atoms with van der Waals surface area (Å²) < 4.78 is 5.54. The second-order valence-electron chi connectivity index (χ2n) is 6.66. The first kappa shape index (κ1) is 21.5. The van der Waals surface area contributed by atoms with Crippen molar-refractivity contribution in [1.82, 2.24) is 15.5 Å². The van der Waals surface area contributed by atoms with Gasteiger partial charge in [0.05, 0.1) is 6.54 Å². The maximum atomic E-state index is 10.8. The quantitative estimate of drug-likeness (QED) is 0.445. The Morgan fingerprint density at radius 1 is 1.24 bits per heavy atom. The van der Waals surface area contributed by atoms with Crippen molar-refractivity contribution >= 4 is 5.96 Å². The molecule has 0 saturated carbocycles. The summed E-state index contributed by atoms with van der Waals surface area (Å²) in [4.78, 5) is 6.97. The third-order valence-corrected chi connectivity index (χ3v) is 4.22. The Bertz CT molecular complexity index is 538. The second-order valence-corrected chi connectivity index (χ2v) is 6.66. The Morgan fingerprint density at radius 3 is 2.48 bits per heavy atom. The number of guanidine groups is 1. The SMILES string of the molecule is CCCN(CC)CCNC(=NCC(C)(O)c1cc(C)oc1C)NCC. The first-order valence-electron chi connectivity index (χ1n) is 9.38. The van der Waals surface area contributed by atoms with Crippen LogP contribution in [0.1, 0.15) is 51.2 Å². The fraction of sp³-hybridized carbons (Fsp3) is 0.737. The lowest BCUT2D eigenvalue weighted by Gasteiger charge is -2.23. The first-order valence-corrected chi connectivity index (χ1v) is 9.38. The van der Waals surface area contributed by atoms with Crippen LogP contribution in [0.25, 0.3) is 0 Å². The molecule has 0 aromatic carbocycles. The molecule has 6 heteroatoms. The molecule has 0 amide bonds. The Labute approximate surface area is 152 Å². The Hall–Kier alpha value is -1.53.